The van der Waals surface area contributed by atoms with Crippen molar-refractivity contribution in [3.05, 3.63) is 131 Å². The van der Waals surface area contributed by atoms with Crippen LogP contribution in [0.25, 0.3) is 0 Å². The van der Waals surface area contributed by atoms with Gasteiger partial charge in [-0.05, 0) is 80.1 Å². The number of anilines is 1. The van der Waals surface area contributed by atoms with E-state index in [-0.39, 0.29) is 23.4 Å². The quantitative estimate of drug-likeness (QED) is 0.192. The molecular formula is C38H43N3O4S. The zero-order valence-corrected chi connectivity index (χ0v) is 27.7. The van der Waals surface area contributed by atoms with Crippen molar-refractivity contribution in [2.75, 3.05) is 10.8 Å². The number of hydrogen-bond donors (Lipinski definition) is 1. The minimum atomic E-state index is -4.14. The van der Waals surface area contributed by atoms with Crippen molar-refractivity contribution >= 4 is 27.5 Å². The van der Waals surface area contributed by atoms with Crippen LogP contribution in [-0.4, -0.2) is 43.8 Å². The van der Waals surface area contributed by atoms with Crippen molar-refractivity contribution < 1.29 is 18.0 Å². The summed E-state index contributed by atoms with van der Waals surface area (Å²) in [6, 6.07) is 30.6. The molecule has 2 amide bonds. The second kappa shape index (κ2) is 14.8. The van der Waals surface area contributed by atoms with Crippen LogP contribution in [0.1, 0.15) is 53.5 Å². The third-order valence-corrected chi connectivity index (χ3v) is 10.3. The van der Waals surface area contributed by atoms with E-state index in [1.54, 1.807) is 41.3 Å². The van der Waals surface area contributed by atoms with Gasteiger partial charge in [0.25, 0.3) is 10.0 Å². The van der Waals surface area contributed by atoms with Gasteiger partial charge in [0.1, 0.15) is 12.6 Å². The lowest BCUT2D eigenvalue weighted by atomic mass is 10.0. The molecule has 1 saturated carbocycles. The van der Waals surface area contributed by atoms with E-state index in [4.69, 9.17) is 0 Å². The van der Waals surface area contributed by atoms with Crippen LogP contribution in [0.4, 0.5) is 5.69 Å². The third kappa shape index (κ3) is 8.23. The van der Waals surface area contributed by atoms with E-state index in [0.29, 0.717) is 12.1 Å². The smallest absolute Gasteiger partial charge is 0.264 e. The van der Waals surface area contributed by atoms with Crippen molar-refractivity contribution in [3.8, 4) is 0 Å². The Morgan fingerprint density at radius 2 is 1.33 bits per heavy atom. The molecule has 4 aromatic rings. The van der Waals surface area contributed by atoms with Gasteiger partial charge in [0.15, 0.2) is 0 Å². The van der Waals surface area contributed by atoms with Gasteiger partial charge in [0.05, 0.1) is 10.6 Å². The number of hydrogen-bond acceptors (Lipinski definition) is 4. The maximum Gasteiger partial charge on any atom is 0.264 e. The highest BCUT2D eigenvalue weighted by atomic mass is 32.2. The standard InChI is InChI=1S/C38H43N3O4S/c1-28-18-20-35(21-19-28)46(44,45)41(34-23-29(2)22-30(3)24-34)27-37(42)40(26-32-14-8-5-9-15-32)36(25-31-12-6-4-7-13-31)38(43)39-33-16-10-11-17-33/h4-9,12-15,18-24,33,36H,10-11,16-17,25-27H2,1-3H3,(H,39,43). The highest BCUT2D eigenvalue weighted by Crippen LogP contribution is 2.27. The molecule has 1 aliphatic carbocycles. The number of carbonyl (C=O) groups is 2. The molecule has 4 aromatic carbocycles. The first-order valence-electron chi connectivity index (χ1n) is 16.0. The minimum Gasteiger partial charge on any atom is -0.352 e. The first-order chi connectivity index (χ1) is 22.1. The van der Waals surface area contributed by atoms with Gasteiger partial charge in [-0.3, -0.25) is 13.9 Å². The Labute approximate surface area is 273 Å². The SMILES string of the molecule is Cc1ccc(S(=O)(=O)N(CC(=O)N(Cc2ccccc2)C(Cc2ccccc2)C(=O)NC2CCCC2)c2cc(C)cc(C)c2)cc1. The first-order valence-corrected chi connectivity index (χ1v) is 17.4. The number of aryl methyl sites for hydroxylation is 3. The molecule has 1 fully saturated rings. The molecule has 8 heteroatoms. The van der Waals surface area contributed by atoms with Crippen LogP contribution in [-0.2, 0) is 32.6 Å². The number of carbonyl (C=O) groups excluding carboxylic acids is 2. The number of amides is 2. The molecule has 1 unspecified atom stereocenters. The monoisotopic (exact) mass is 637 g/mol. The van der Waals surface area contributed by atoms with E-state index in [1.165, 1.54) is 4.31 Å². The minimum absolute atomic E-state index is 0.0631. The highest BCUT2D eigenvalue weighted by molar-refractivity contribution is 7.92. The zero-order valence-electron chi connectivity index (χ0n) is 26.9. The highest BCUT2D eigenvalue weighted by Gasteiger charge is 2.35. The number of sulfonamides is 1. The van der Waals surface area contributed by atoms with Crippen molar-refractivity contribution in [2.45, 2.75) is 76.4 Å². The molecule has 1 N–H and O–H groups in total. The first kappa shape index (κ1) is 32.9. The van der Waals surface area contributed by atoms with E-state index in [9.17, 15) is 18.0 Å². The van der Waals surface area contributed by atoms with Crippen LogP contribution in [0.3, 0.4) is 0 Å². The zero-order chi connectivity index (χ0) is 32.7. The van der Waals surface area contributed by atoms with Crippen LogP contribution in [0.2, 0.25) is 0 Å². The summed E-state index contributed by atoms with van der Waals surface area (Å²) in [5.41, 5.74) is 4.86. The lowest BCUT2D eigenvalue weighted by Crippen LogP contribution is -2.54. The van der Waals surface area contributed by atoms with Crippen molar-refractivity contribution in [1.29, 1.82) is 0 Å². The van der Waals surface area contributed by atoms with Gasteiger partial charge in [-0.25, -0.2) is 8.42 Å². The molecule has 1 atom stereocenters. The van der Waals surface area contributed by atoms with E-state index in [1.807, 2.05) is 87.5 Å². The van der Waals surface area contributed by atoms with Crippen LogP contribution < -0.4 is 9.62 Å². The second-order valence-corrected chi connectivity index (χ2v) is 14.2. The lowest BCUT2D eigenvalue weighted by Gasteiger charge is -2.34. The van der Waals surface area contributed by atoms with Gasteiger partial charge >= 0.3 is 0 Å². The molecule has 1 aliphatic rings. The van der Waals surface area contributed by atoms with Crippen molar-refractivity contribution in [3.63, 3.8) is 0 Å². The predicted molar refractivity (Wildman–Crippen MR) is 183 cm³/mol. The maximum absolute atomic E-state index is 14.6. The summed E-state index contributed by atoms with van der Waals surface area (Å²) in [5, 5.41) is 3.22. The fraction of sp³-hybridized carbons (Fsp3) is 0.316. The third-order valence-electron chi connectivity index (χ3n) is 8.55. The Balaban J connectivity index is 1.57. The largest absolute Gasteiger partial charge is 0.352 e. The summed E-state index contributed by atoms with van der Waals surface area (Å²) in [6.45, 7) is 5.39. The van der Waals surface area contributed by atoms with Gasteiger partial charge < -0.3 is 10.2 Å². The summed E-state index contributed by atoms with van der Waals surface area (Å²) in [6.07, 6.45) is 4.23. The lowest BCUT2D eigenvalue weighted by molar-refractivity contribution is -0.140. The van der Waals surface area contributed by atoms with E-state index >= 15 is 0 Å². The molecule has 0 saturated heterocycles. The van der Waals surface area contributed by atoms with Crippen LogP contribution in [0, 0.1) is 20.8 Å². The molecule has 46 heavy (non-hydrogen) atoms. The Hall–Kier alpha value is -4.43. The number of nitrogens with zero attached hydrogens (tertiary/aromatic N) is 2. The predicted octanol–water partition coefficient (Wildman–Crippen LogP) is 6.51. The summed E-state index contributed by atoms with van der Waals surface area (Å²) in [5.74, 6) is -0.680. The molecule has 0 aliphatic heterocycles. The Morgan fingerprint density at radius 1 is 0.761 bits per heavy atom. The summed E-state index contributed by atoms with van der Waals surface area (Å²) < 4.78 is 29.8. The fourth-order valence-electron chi connectivity index (χ4n) is 6.16. The van der Waals surface area contributed by atoms with Gasteiger partial charge in [-0.15, -0.1) is 0 Å². The summed E-state index contributed by atoms with van der Waals surface area (Å²) in [4.78, 5) is 30.4. The van der Waals surface area contributed by atoms with Gasteiger partial charge in [-0.2, -0.15) is 0 Å². The van der Waals surface area contributed by atoms with Gasteiger partial charge in [0.2, 0.25) is 11.8 Å². The average molecular weight is 638 g/mol. The Morgan fingerprint density at radius 3 is 1.91 bits per heavy atom. The fourth-order valence-corrected chi connectivity index (χ4v) is 7.56. The van der Waals surface area contributed by atoms with Crippen molar-refractivity contribution in [1.82, 2.24) is 10.2 Å². The molecular weight excluding hydrogens is 595 g/mol. The Bertz CT molecular complexity index is 1720. The van der Waals surface area contributed by atoms with Crippen LogP contribution in [0.5, 0.6) is 0 Å². The van der Waals surface area contributed by atoms with Crippen LogP contribution in [0.15, 0.2) is 108 Å². The molecule has 5 rings (SSSR count). The van der Waals surface area contributed by atoms with E-state index < -0.39 is 28.5 Å². The maximum atomic E-state index is 14.6. The molecule has 0 radical (unpaired) electrons. The molecule has 7 nitrogen and oxygen atoms in total. The number of rotatable bonds is 12. The number of benzene rings is 4. The molecule has 240 valence electrons. The van der Waals surface area contributed by atoms with Gasteiger partial charge in [-0.1, -0.05) is 97.3 Å². The average Bonchev–Trinajstić information content (AvgIpc) is 3.55. The van der Waals surface area contributed by atoms with E-state index in [0.717, 1.165) is 53.5 Å². The molecule has 0 heterocycles. The van der Waals surface area contributed by atoms with Crippen LogP contribution >= 0.6 is 0 Å². The molecule has 0 spiro atoms. The second-order valence-electron chi connectivity index (χ2n) is 12.4. The normalized spacial score (nSPS) is 14.1. The molecule has 0 aromatic heterocycles. The van der Waals surface area contributed by atoms with Crippen molar-refractivity contribution in [2.24, 2.45) is 0 Å². The Kier molecular flexibility index (Phi) is 10.6. The number of nitrogens with one attached hydrogen (secondary N) is 1. The van der Waals surface area contributed by atoms with Gasteiger partial charge in [0, 0.05) is 19.0 Å². The molecule has 0 bridgehead atoms. The topological polar surface area (TPSA) is 86.8 Å². The summed E-state index contributed by atoms with van der Waals surface area (Å²) >= 11 is 0. The summed E-state index contributed by atoms with van der Waals surface area (Å²) in [7, 11) is -4.14. The van der Waals surface area contributed by atoms with E-state index in [2.05, 4.69) is 5.32 Å².